The molecule has 0 aliphatic carbocycles. The van der Waals surface area contributed by atoms with E-state index < -0.39 is 0 Å². The third-order valence-corrected chi connectivity index (χ3v) is 5.15. The van der Waals surface area contributed by atoms with Crippen molar-refractivity contribution in [1.29, 1.82) is 5.26 Å². The minimum atomic E-state index is -0.252. The second kappa shape index (κ2) is 9.73. The van der Waals surface area contributed by atoms with Crippen LogP contribution in [0.2, 0.25) is 0 Å². The second-order valence-corrected chi connectivity index (χ2v) is 7.52. The molecule has 1 amide bonds. The molecule has 4 rings (SSSR count). The van der Waals surface area contributed by atoms with Crippen molar-refractivity contribution in [1.82, 2.24) is 9.97 Å². The Morgan fingerprint density at radius 1 is 1.12 bits per heavy atom. The molecule has 4 aromatic rings. The molecule has 2 heterocycles. The van der Waals surface area contributed by atoms with Gasteiger partial charge in [-0.25, -0.2) is 9.97 Å². The van der Waals surface area contributed by atoms with Crippen molar-refractivity contribution in [3.8, 4) is 23.4 Å². The van der Waals surface area contributed by atoms with Gasteiger partial charge in [-0.2, -0.15) is 5.26 Å². The summed E-state index contributed by atoms with van der Waals surface area (Å²) in [5.41, 5.74) is 4.88. The fraction of sp³-hybridized carbons (Fsp3) is 0.0833. The number of nitrogens with zero attached hydrogens (tertiary/aromatic N) is 3. The molecule has 158 valence electrons. The van der Waals surface area contributed by atoms with E-state index in [9.17, 15) is 10.1 Å². The fourth-order valence-corrected chi connectivity index (χ4v) is 3.44. The molecule has 2 aromatic heterocycles. The first-order valence-electron chi connectivity index (χ1n) is 9.67. The summed E-state index contributed by atoms with van der Waals surface area (Å²) in [6.45, 7) is 2.21. The van der Waals surface area contributed by atoms with Gasteiger partial charge in [-0.3, -0.25) is 4.79 Å². The summed E-state index contributed by atoms with van der Waals surface area (Å²) in [4.78, 5) is 21.0. The van der Waals surface area contributed by atoms with Gasteiger partial charge < -0.3 is 14.8 Å². The highest BCUT2D eigenvalue weighted by molar-refractivity contribution is 7.07. The smallest absolute Gasteiger partial charge is 0.255 e. The zero-order valence-corrected chi connectivity index (χ0v) is 17.9. The number of aromatic nitrogens is 2. The number of carbonyl (C=O) groups is 1. The van der Waals surface area contributed by atoms with Crippen LogP contribution in [0.4, 0.5) is 5.69 Å². The second-order valence-electron chi connectivity index (χ2n) is 6.80. The van der Waals surface area contributed by atoms with Gasteiger partial charge in [0.2, 0.25) is 5.88 Å². The van der Waals surface area contributed by atoms with E-state index in [2.05, 4.69) is 15.3 Å². The molecule has 0 aliphatic rings. The lowest BCUT2D eigenvalue weighted by Crippen LogP contribution is -2.13. The molecular formula is C24H18N4O3S. The van der Waals surface area contributed by atoms with Crippen molar-refractivity contribution >= 4 is 22.9 Å². The van der Waals surface area contributed by atoms with Crippen molar-refractivity contribution in [3.63, 3.8) is 0 Å². The highest BCUT2D eigenvalue weighted by atomic mass is 32.1. The van der Waals surface area contributed by atoms with E-state index in [0.717, 1.165) is 11.3 Å². The van der Waals surface area contributed by atoms with E-state index in [0.29, 0.717) is 34.9 Å². The van der Waals surface area contributed by atoms with Crippen LogP contribution in [0.1, 0.15) is 27.2 Å². The van der Waals surface area contributed by atoms with Crippen LogP contribution in [0.5, 0.6) is 17.4 Å². The predicted octanol–water partition coefficient (Wildman–Crippen LogP) is 5.34. The van der Waals surface area contributed by atoms with Crippen LogP contribution in [-0.4, -0.2) is 15.9 Å². The molecule has 0 saturated heterocycles. The molecule has 8 heteroatoms. The molecule has 0 aliphatic heterocycles. The van der Waals surface area contributed by atoms with Gasteiger partial charge in [0, 0.05) is 22.8 Å². The van der Waals surface area contributed by atoms with Crippen molar-refractivity contribution in [2.75, 3.05) is 5.32 Å². The molecule has 0 spiro atoms. The minimum absolute atomic E-state index is 0.237. The number of carbonyl (C=O) groups excluding carboxylic acids is 1. The Morgan fingerprint density at radius 2 is 2.03 bits per heavy atom. The van der Waals surface area contributed by atoms with Crippen molar-refractivity contribution in [3.05, 3.63) is 94.1 Å². The summed E-state index contributed by atoms with van der Waals surface area (Å²) < 4.78 is 11.5. The molecule has 2 aromatic carbocycles. The Hall–Kier alpha value is -4.22. The number of nitriles is 1. The van der Waals surface area contributed by atoms with Crippen LogP contribution in [0, 0.1) is 18.3 Å². The normalized spacial score (nSPS) is 10.2. The largest absolute Gasteiger partial charge is 0.487 e. The summed E-state index contributed by atoms with van der Waals surface area (Å²) in [6, 6.07) is 17.6. The van der Waals surface area contributed by atoms with Crippen molar-refractivity contribution in [2.45, 2.75) is 13.5 Å². The number of aryl methyl sites for hydroxylation is 1. The molecule has 0 fully saturated rings. The third-order valence-electron chi connectivity index (χ3n) is 4.52. The van der Waals surface area contributed by atoms with E-state index in [4.69, 9.17) is 9.47 Å². The number of anilines is 1. The van der Waals surface area contributed by atoms with Gasteiger partial charge in [0.25, 0.3) is 5.91 Å². The van der Waals surface area contributed by atoms with Gasteiger partial charge in [0.05, 0.1) is 11.2 Å². The first-order chi connectivity index (χ1) is 15.6. The number of nitrogens with one attached hydrogen (secondary N) is 1. The van der Waals surface area contributed by atoms with Gasteiger partial charge in [-0.15, -0.1) is 11.3 Å². The van der Waals surface area contributed by atoms with Crippen molar-refractivity contribution in [2.24, 2.45) is 0 Å². The summed E-state index contributed by atoms with van der Waals surface area (Å²) in [7, 11) is 0. The quantitative estimate of drug-likeness (QED) is 0.415. The number of hydrogen-bond acceptors (Lipinski definition) is 7. The lowest BCUT2D eigenvalue weighted by Gasteiger charge is -2.12. The number of ether oxygens (including phenoxy) is 2. The van der Waals surface area contributed by atoms with Crippen molar-refractivity contribution < 1.29 is 14.3 Å². The van der Waals surface area contributed by atoms with Crippen LogP contribution >= 0.6 is 11.3 Å². The lowest BCUT2D eigenvalue weighted by molar-refractivity contribution is 0.102. The first-order valence-corrected chi connectivity index (χ1v) is 10.6. The van der Waals surface area contributed by atoms with E-state index >= 15 is 0 Å². The summed E-state index contributed by atoms with van der Waals surface area (Å²) in [5.74, 6) is 1.10. The van der Waals surface area contributed by atoms with E-state index in [1.807, 2.05) is 18.4 Å². The number of rotatable bonds is 7. The molecule has 0 atom stereocenters. The van der Waals surface area contributed by atoms with Gasteiger partial charge in [-0.05, 0) is 61.0 Å². The fourth-order valence-electron chi connectivity index (χ4n) is 2.90. The molecule has 0 saturated carbocycles. The third kappa shape index (κ3) is 5.09. The van der Waals surface area contributed by atoms with Crippen LogP contribution < -0.4 is 14.8 Å². The van der Waals surface area contributed by atoms with E-state index in [1.54, 1.807) is 66.3 Å². The molecule has 0 unspecified atom stereocenters. The van der Waals surface area contributed by atoms with Crippen LogP contribution in [0.25, 0.3) is 0 Å². The Bertz CT molecular complexity index is 1280. The molecule has 0 bridgehead atoms. The molecule has 32 heavy (non-hydrogen) atoms. The Balaban J connectivity index is 1.43. The standard InChI is InChI=1S/C24H18N4O3S/c1-16-10-21(31-24-18(12-25)5-3-9-26-24)7-8-22(16)28-23(29)17-4-2-6-20(11-17)30-13-19-14-32-15-27-19/h2-11,14-15H,13H2,1H3,(H,28,29). The highest BCUT2D eigenvalue weighted by Gasteiger charge is 2.11. The van der Waals surface area contributed by atoms with Gasteiger partial charge in [-0.1, -0.05) is 6.07 Å². The predicted molar refractivity (Wildman–Crippen MR) is 121 cm³/mol. The van der Waals surface area contributed by atoms with Crippen LogP contribution in [0.3, 0.4) is 0 Å². The zero-order valence-electron chi connectivity index (χ0n) is 17.1. The average Bonchev–Trinajstić information content (AvgIpc) is 3.34. The molecule has 0 radical (unpaired) electrons. The first kappa shape index (κ1) is 21.0. The molecule has 7 nitrogen and oxygen atoms in total. The SMILES string of the molecule is Cc1cc(Oc2ncccc2C#N)ccc1NC(=O)c1cccc(OCc2cscn2)c1. The number of thiazole rings is 1. The van der Waals surface area contributed by atoms with Gasteiger partial charge >= 0.3 is 0 Å². The molecule has 1 N–H and O–H groups in total. The number of benzene rings is 2. The topological polar surface area (TPSA) is 97.1 Å². The number of amides is 1. The average molecular weight is 443 g/mol. The van der Waals surface area contributed by atoms with Crippen LogP contribution in [0.15, 0.2) is 71.7 Å². The number of pyridine rings is 1. The Labute approximate surface area is 188 Å². The summed E-state index contributed by atoms with van der Waals surface area (Å²) in [6.07, 6.45) is 1.56. The van der Waals surface area contributed by atoms with Crippen LogP contribution in [-0.2, 0) is 6.61 Å². The minimum Gasteiger partial charge on any atom is -0.487 e. The molecular weight excluding hydrogens is 424 g/mol. The lowest BCUT2D eigenvalue weighted by atomic mass is 10.1. The summed E-state index contributed by atoms with van der Waals surface area (Å²) in [5, 5.41) is 14.0. The Kier molecular flexibility index (Phi) is 6.39. The monoisotopic (exact) mass is 442 g/mol. The van der Waals surface area contributed by atoms with Gasteiger partial charge in [0.15, 0.2) is 0 Å². The maximum atomic E-state index is 12.8. The van der Waals surface area contributed by atoms with Gasteiger partial charge in [0.1, 0.15) is 29.7 Å². The highest BCUT2D eigenvalue weighted by Crippen LogP contribution is 2.27. The number of hydrogen-bond donors (Lipinski definition) is 1. The summed E-state index contributed by atoms with van der Waals surface area (Å²) >= 11 is 1.51. The Morgan fingerprint density at radius 3 is 2.81 bits per heavy atom. The zero-order chi connectivity index (χ0) is 22.3. The maximum Gasteiger partial charge on any atom is 0.255 e. The van der Waals surface area contributed by atoms with E-state index in [1.165, 1.54) is 11.3 Å². The van der Waals surface area contributed by atoms with E-state index in [-0.39, 0.29) is 11.8 Å². The maximum absolute atomic E-state index is 12.8.